The predicted molar refractivity (Wildman–Crippen MR) is 60.7 cm³/mol. The molecule has 0 aliphatic heterocycles. The lowest BCUT2D eigenvalue weighted by atomic mass is 10.2. The lowest BCUT2D eigenvalue weighted by Gasteiger charge is -2.35. The lowest BCUT2D eigenvalue weighted by Crippen LogP contribution is -2.40. The van der Waals surface area contributed by atoms with Crippen molar-refractivity contribution in [2.75, 3.05) is 0 Å². The zero-order chi connectivity index (χ0) is 10.8. The maximum absolute atomic E-state index is 5.94. The van der Waals surface area contributed by atoms with Crippen molar-refractivity contribution in [1.82, 2.24) is 9.36 Å². The third-order valence-corrected chi connectivity index (χ3v) is 7.69. The molecule has 0 N–H and O–H groups in total. The van der Waals surface area contributed by atoms with Crippen LogP contribution >= 0.6 is 11.5 Å². The van der Waals surface area contributed by atoms with Gasteiger partial charge in [0.2, 0.25) is 0 Å². The molecule has 0 aromatic carbocycles. The average molecular weight is 229 g/mol. The average Bonchev–Trinajstić information content (AvgIpc) is 2.50. The van der Waals surface area contributed by atoms with Crippen molar-refractivity contribution in [2.45, 2.75) is 45.5 Å². The molecule has 0 atom stereocenters. The summed E-state index contributed by atoms with van der Waals surface area (Å²) in [7, 11) is -1.65. The molecule has 1 radical (unpaired) electrons. The SMILES string of the molecule is CC(C)(C)[Si](C)(C)OCc1n[c]sn1. The van der Waals surface area contributed by atoms with Gasteiger partial charge in [-0.05, 0) is 29.7 Å². The zero-order valence-electron chi connectivity index (χ0n) is 9.42. The van der Waals surface area contributed by atoms with Crippen molar-refractivity contribution in [1.29, 1.82) is 0 Å². The van der Waals surface area contributed by atoms with Gasteiger partial charge >= 0.3 is 0 Å². The Morgan fingerprint density at radius 3 is 2.50 bits per heavy atom. The molecule has 0 fully saturated rings. The van der Waals surface area contributed by atoms with Crippen LogP contribution in [-0.2, 0) is 11.0 Å². The van der Waals surface area contributed by atoms with Gasteiger partial charge in [0.15, 0.2) is 19.7 Å². The highest BCUT2D eigenvalue weighted by Crippen LogP contribution is 2.36. The number of rotatable bonds is 3. The van der Waals surface area contributed by atoms with Crippen LogP contribution in [-0.4, -0.2) is 17.7 Å². The van der Waals surface area contributed by atoms with Gasteiger partial charge in [-0.25, -0.2) is 4.98 Å². The molecule has 0 amide bonds. The molecule has 79 valence electrons. The number of nitrogens with zero attached hydrogens (tertiary/aromatic N) is 2. The number of hydrogen-bond acceptors (Lipinski definition) is 4. The van der Waals surface area contributed by atoms with Gasteiger partial charge in [-0.2, -0.15) is 4.37 Å². The summed E-state index contributed by atoms with van der Waals surface area (Å²) in [6.07, 6.45) is 0. The van der Waals surface area contributed by atoms with Crippen molar-refractivity contribution < 1.29 is 4.43 Å². The van der Waals surface area contributed by atoms with E-state index in [0.29, 0.717) is 6.61 Å². The van der Waals surface area contributed by atoms with Crippen LogP contribution in [0.2, 0.25) is 18.1 Å². The highest BCUT2D eigenvalue weighted by Gasteiger charge is 2.37. The van der Waals surface area contributed by atoms with Crippen LogP contribution in [0.4, 0.5) is 0 Å². The fourth-order valence-corrected chi connectivity index (χ4v) is 2.00. The van der Waals surface area contributed by atoms with Crippen molar-refractivity contribution in [2.24, 2.45) is 0 Å². The largest absolute Gasteiger partial charge is 0.409 e. The van der Waals surface area contributed by atoms with E-state index in [-0.39, 0.29) is 5.04 Å². The molecule has 1 rings (SSSR count). The normalized spacial score (nSPS) is 13.2. The smallest absolute Gasteiger partial charge is 0.192 e. The van der Waals surface area contributed by atoms with Crippen LogP contribution in [0.5, 0.6) is 0 Å². The van der Waals surface area contributed by atoms with Crippen LogP contribution in [0.3, 0.4) is 0 Å². The van der Waals surface area contributed by atoms with Gasteiger partial charge < -0.3 is 4.43 Å². The highest BCUT2D eigenvalue weighted by molar-refractivity contribution is 7.02. The van der Waals surface area contributed by atoms with E-state index >= 15 is 0 Å². The third-order valence-electron chi connectivity index (χ3n) is 2.73. The maximum Gasteiger partial charge on any atom is 0.192 e. The van der Waals surface area contributed by atoms with Crippen LogP contribution in [0, 0.1) is 5.51 Å². The Balaban J connectivity index is 2.53. The molecule has 0 unspecified atom stereocenters. The highest BCUT2D eigenvalue weighted by atomic mass is 32.1. The minimum atomic E-state index is -1.65. The summed E-state index contributed by atoms with van der Waals surface area (Å²) in [5, 5.41) is 0.243. The second-order valence-corrected chi connectivity index (χ2v) is 10.2. The van der Waals surface area contributed by atoms with Crippen LogP contribution in [0.15, 0.2) is 0 Å². The van der Waals surface area contributed by atoms with Gasteiger partial charge in [0.1, 0.15) is 0 Å². The first kappa shape index (κ1) is 11.8. The molecule has 5 heteroatoms. The molecule has 0 aliphatic rings. The van der Waals surface area contributed by atoms with E-state index in [2.05, 4.69) is 48.7 Å². The summed E-state index contributed by atoms with van der Waals surface area (Å²) >= 11 is 1.25. The molecule has 1 aromatic rings. The second-order valence-electron chi connectivity index (χ2n) is 4.85. The molecular formula is C9H17N2OSSi. The molecule has 1 heterocycles. The Bertz CT molecular complexity index is 280. The molecule has 14 heavy (non-hydrogen) atoms. The van der Waals surface area contributed by atoms with Gasteiger partial charge in [0.25, 0.3) is 0 Å². The van der Waals surface area contributed by atoms with E-state index in [4.69, 9.17) is 4.43 Å². The summed E-state index contributed by atoms with van der Waals surface area (Å²) in [6.45, 7) is 11.6. The first-order valence-corrected chi connectivity index (χ1v) is 8.34. The fourth-order valence-electron chi connectivity index (χ4n) is 0.687. The summed E-state index contributed by atoms with van der Waals surface area (Å²) in [4.78, 5) is 3.98. The standard InChI is InChI=1S/C9H17N2OSSi/c1-9(2,3)14(4,5)12-6-8-10-7-13-11-8/h6H2,1-5H3. The molecule has 3 nitrogen and oxygen atoms in total. The quantitative estimate of drug-likeness (QED) is 0.748. The van der Waals surface area contributed by atoms with E-state index in [0.717, 1.165) is 5.82 Å². The molecule has 0 bridgehead atoms. The Morgan fingerprint density at radius 1 is 1.43 bits per heavy atom. The predicted octanol–water partition coefficient (Wildman–Crippen LogP) is 2.86. The van der Waals surface area contributed by atoms with Gasteiger partial charge in [-0.15, -0.1) is 0 Å². The molecule has 0 saturated heterocycles. The Kier molecular flexibility index (Phi) is 3.44. The molecule has 0 aliphatic carbocycles. The first-order chi connectivity index (χ1) is 6.33. The van der Waals surface area contributed by atoms with E-state index < -0.39 is 8.32 Å². The minimum Gasteiger partial charge on any atom is -0.409 e. The fraction of sp³-hybridized carbons (Fsp3) is 0.778. The molecular weight excluding hydrogens is 212 g/mol. The number of hydrogen-bond donors (Lipinski definition) is 0. The van der Waals surface area contributed by atoms with Crippen LogP contribution in [0.25, 0.3) is 0 Å². The summed E-state index contributed by atoms with van der Waals surface area (Å²) in [5.74, 6) is 0.750. The van der Waals surface area contributed by atoms with E-state index in [1.54, 1.807) is 0 Å². The summed E-state index contributed by atoms with van der Waals surface area (Å²) in [5.41, 5.74) is 2.72. The van der Waals surface area contributed by atoms with Gasteiger partial charge in [-0.3, -0.25) is 0 Å². The Morgan fingerprint density at radius 2 is 2.07 bits per heavy atom. The van der Waals surface area contributed by atoms with E-state index in [1.165, 1.54) is 11.5 Å². The minimum absolute atomic E-state index is 0.243. The summed E-state index contributed by atoms with van der Waals surface area (Å²) in [6, 6.07) is 0. The third kappa shape index (κ3) is 2.86. The second kappa shape index (κ2) is 4.08. The van der Waals surface area contributed by atoms with Crippen LogP contribution in [0.1, 0.15) is 26.6 Å². The summed E-state index contributed by atoms with van der Waals surface area (Å²) < 4.78 is 10.0. The van der Waals surface area contributed by atoms with Crippen molar-refractivity contribution in [3.8, 4) is 0 Å². The lowest BCUT2D eigenvalue weighted by molar-refractivity contribution is 0.269. The van der Waals surface area contributed by atoms with Gasteiger partial charge in [0, 0.05) is 0 Å². The Hall–Kier alpha value is -0.263. The van der Waals surface area contributed by atoms with Crippen molar-refractivity contribution >= 4 is 19.8 Å². The van der Waals surface area contributed by atoms with Gasteiger partial charge in [-0.1, -0.05) is 20.8 Å². The van der Waals surface area contributed by atoms with Crippen molar-refractivity contribution in [3.63, 3.8) is 0 Å². The Labute approximate surface area is 90.8 Å². The van der Waals surface area contributed by atoms with Crippen molar-refractivity contribution in [3.05, 3.63) is 11.3 Å². The number of aromatic nitrogens is 2. The maximum atomic E-state index is 5.94. The molecule has 0 spiro atoms. The molecule has 0 saturated carbocycles. The van der Waals surface area contributed by atoms with Crippen LogP contribution < -0.4 is 0 Å². The first-order valence-electron chi connectivity index (χ1n) is 4.65. The zero-order valence-corrected chi connectivity index (χ0v) is 11.2. The van der Waals surface area contributed by atoms with E-state index in [9.17, 15) is 0 Å². The topological polar surface area (TPSA) is 35.0 Å². The van der Waals surface area contributed by atoms with E-state index in [1.807, 2.05) is 0 Å². The molecule has 1 aromatic heterocycles. The van der Waals surface area contributed by atoms with Gasteiger partial charge in [0.05, 0.1) is 6.61 Å². The monoisotopic (exact) mass is 229 g/mol.